The van der Waals surface area contributed by atoms with Crippen LogP contribution in [0.3, 0.4) is 0 Å². The summed E-state index contributed by atoms with van der Waals surface area (Å²) in [7, 11) is 0. The fourth-order valence-electron chi connectivity index (χ4n) is 1.28. The Hall–Kier alpha value is -1.51. The number of benzene rings is 1. The molecule has 0 saturated heterocycles. The van der Waals surface area contributed by atoms with Crippen LogP contribution in [0.5, 0.6) is 11.5 Å². The fraction of sp³-hybridized carbons (Fsp3) is 0.364. The first-order chi connectivity index (χ1) is 6.36. The van der Waals surface area contributed by atoms with Gasteiger partial charge in [-0.15, -0.1) is 0 Å². The van der Waals surface area contributed by atoms with E-state index in [-0.39, 0.29) is 16.9 Å². The van der Waals surface area contributed by atoms with Crippen molar-refractivity contribution < 1.29 is 15.0 Å². The van der Waals surface area contributed by atoms with E-state index in [9.17, 15) is 15.0 Å². The smallest absolute Gasteiger partial charge is 0.161 e. The molecule has 0 heterocycles. The molecule has 3 heteroatoms. The molecule has 0 bridgehead atoms. The van der Waals surface area contributed by atoms with Crippen molar-refractivity contribution in [3.63, 3.8) is 0 Å². The maximum absolute atomic E-state index is 10.6. The monoisotopic (exact) mass is 194 g/mol. The molecular formula is C11H14O3. The maximum Gasteiger partial charge on any atom is 0.161 e. The number of aldehydes is 1. The van der Waals surface area contributed by atoms with Crippen LogP contribution in [-0.2, 0) is 5.41 Å². The first-order valence-corrected chi connectivity index (χ1v) is 4.38. The van der Waals surface area contributed by atoms with Crippen LogP contribution in [0.4, 0.5) is 0 Å². The van der Waals surface area contributed by atoms with E-state index in [2.05, 4.69) is 0 Å². The van der Waals surface area contributed by atoms with Crippen LogP contribution >= 0.6 is 0 Å². The SMILES string of the molecule is CC(C)(C)c1cc(C=O)cc(O)c1O. The zero-order valence-electron chi connectivity index (χ0n) is 8.53. The fourth-order valence-corrected chi connectivity index (χ4v) is 1.28. The van der Waals surface area contributed by atoms with E-state index in [0.717, 1.165) is 0 Å². The van der Waals surface area contributed by atoms with E-state index in [4.69, 9.17) is 0 Å². The van der Waals surface area contributed by atoms with Crippen LogP contribution in [0.25, 0.3) is 0 Å². The summed E-state index contributed by atoms with van der Waals surface area (Å²) in [5.41, 5.74) is 0.630. The second kappa shape index (κ2) is 3.33. The number of aromatic hydroxyl groups is 2. The molecule has 0 amide bonds. The summed E-state index contributed by atoms with van der Waals surface area (Å²) in [5, 5.41) is 19.0. The maximum atomic E-state index is 10.6. The van der Waals surface area contributed by atoms with Gasteiger partial charge in [0.15, 0.2) is 11.5 Å². The molecule has 1 aromatic carbocycles. The molecule has 2 N–H and O–H groups in total. The van der Waals surface area contributed by atoms with Crippen LogP contribution < -0.4 is 0 Å². The van der Waals surface area contributed by atoms with Gasteiger partial charge in [0.2, 0.25) is 0 Å². The third-order valence-corrected chi connectivity index (χ3v) is 2.06. The molecule has 0 fully saturated rings. The van der Waals surface area contributed by atoms with Gasteiger partial charge in [-0.2, -0.15) is 0 Å². The number of phenols is 2. The van der Waals surface area contributed by atoms with Gasteiger partial charge in [0.1, 0.15) is 6.29 Å². The number of phenolic OH excluding ortho intramolecular Hbond substituents is 2. The molecule has 0 spiro atoms. The predicted octanol–water partition coefficient (Wildman–Crippen LogP) is 2.21. The van der Waals surface area contributed by atoms with Crippen LogP contribution in [0.2, 0.25) is 0 Å². The summed E-state index contributed by atoms with van der Waals surface area (Å²) in [6.45, 7) is 5.70. The summed E-state index contributed by atoms with van der Waals surface area (Å²) in [6, 6.07) is 2.83. The normalized spacial score (nSPS) is 11.4. The Morgan fingerprint density at radius 1 is 1.21 bits per heavy atom. The molecule has 0 aliphatic heterocycles. The topological polar surface area (TPSA) is 57.5 Å². The zero-order valence-corrected chi connectivity index (χ0v) is 8.53. The summed E-state index contributed by atoms with van der Waals surface area (Å²) >= 11 is 0. The minimum absolute atomic E-state index is 0.150. The zero-order chi connectivity index (χ0) is 10.9. The first-order valence-electron chi connectivity index (χ1n) is 4.38. The van der Waals surface area contributed by atoms with Gasteiger partial charge in [-0.1, -0.05) is 20.8 Å². The molecule has 1 aromatic rings. The molecule has 14 heavy (non-hydrogen) atoms. The highest BCUT2D eigenvalue weighted by atomic mass is 16.3. The molecule has 0 atom stereocenters. The lowest BCUT2D eigenvalue weighted by atomic mass is 9.85. The summed E-state index contributed by atoms with van der Waals surface area (Å²) in [5.74, 6) is -0.400. The summed E-state index contributed by atoms with van der Waals surface area (Å²) in [6.07, 6.45) is 0.647. The van der Waals surface area contributed by atoms with Gasteiger partial charge in [-0.3, -0.25) is 4.79 Å². The van der Waals surface area contributed by atoms with Crippen LogP contribution in [0, 0.1) is 0 Å². The molecule has 0 unspecified atom stereocenters. The highest BCUT2D eigenvalue weighted by Crippen LogP contribution is 2.37. The Labute approximate surface area is 83.0 Å². The average molecular weight is 194 g/mol. The molecule has 76 valence electrons. The molecular weight excluding hydrogens is 180 g/mol. The van der Waals surface area contributed by atoms with Crippen molar-refractivity contribution in [3.8, 4) is 11.5 Å². The lowest BCUT2D eigenvalue weighted by Crippen LogP contribution is -2.11. The standard InChI is InChI=1S/C11H14O3/c1-11(2,3)8-4-7(6-12)5-9(13)10(8)14/h4-6,13-14H,1-3H3. The molecule has 0 aliphatic rings. The lowest BCUT2D eigenvalue weighted by molar-refractivity contribution is 0.112. The Bertz CT molecular complexity index is 362. The number of hydrogen-bond acceptors (Lipinski definition) is 3. The predicted molar refractivity (Wildman–Crippen MR) is 53.9 cm³/mol. The largest absolute Gasteiger partial charge is 0.504 e. The van der Waals surface area contributed by atoms with Crippen LogP contribution in [-0.4, -0.2) is 16.5 Å². The molecule has 1 rings (SSSR count). The molecule has 0 radical (unpaired) electrons. The van der Waals surface area contributed by atoms with Crippen molar-refractivity contribution in [2.45, 2.75) is 26.2 Å². The Balaban J connectivity index is 3.42. The van der Waals surface area contributed by atoms with E-state index >= 15 is 0 Å². The number of rotatable bonds is 1. The third kappa shape index (κ3) is 1.87. The molecule has 3 nitrogen and oxygen atoms in total. The van der Waals surface area contributed by atoms with E-state index in [1.807, 2.05) is 20.8 Å². The second-order valence-corrected chi connectivity index (χ2v) is 4.30. The van der Waals surface area contributed by atoms with Crippen molar-refractivity contribution >= 4 is 6.29 Å². The van der Waals surface area contributed by atoms with Crippen molar-refractivity contribution in [1.82, 2.24) is 0 Å². The Morgan fingerprint density at radius 3 is 2.21 bits per heavy atom. The summed E-state index contributed by atoms with van der Waals surface area (Å²) < 4.78 is 0. The number of hydrogen-bond donors (Lipinski definition) is 2. The minimum Gasteiger partial charge on any atom is -0.504 e. The van der Waals surface area contributed by atoms with Gasteiger partial charge in [-0.05, 0) is 17.5 Å². The molecule has 0 aliphatic carbocycles. The van der Waals surface area contributed by atoms with Gasteiger partial charge >= 0.3 is 0 Å². The van der Waals surface area contributed by atoms with Crippen molar-refractivity contribution in [3.05, 3.63) is 23.3 Å². The van der Waals surface area contributed by atoms with Gasteiger partial charge < -0.3 is 10.2 Å². The van der Waals surface area contributed by atoms with E-state index < -0.39 is 0 Å². The Morgan fingerprint density at radius 2 is 1.79 bits per heavy atom. The van der Waals surface area contributed by atoms with Crippen molar-refractivity contribution in [2.24, 2.45) is 0 Å². The first kappa shape index (κ1) is 10.6. The van der Waals surface area contributed by atoms with Crippen LogP contribution in [0.15, 0.2) is 12.1 Å². The highest BCUT2D eigenvalue weighted by Gasteiger charge is 2.20. The van der Waals surface area contributed by atoms with E-state index in [0.29, 0.717) is 17.4 Å². The molecule has 0 saturated carbocycles. The summed E-state index contributed by atoms with van der Waals surface area (Å²) in [4.78, 5) is 10.6. The second-order valence-electron chi connectivity index (χ2n) is 4.30. The van der Waals surface area contributed by atoms with Gasteiger partial charge in [0, 0.05) is 11.1 Å². The average Bonchev–Trinajstić information content (AvgIpc) is 2.07. The van der Waals surface area contributed by atoms with Crippen molar-refractivity contribution in [1.29, 1.82) is 0 Å². The van der Waals surface area contributed by atoms with Gasteiger partial charge in [0.25, 0.3) is 0 Å². The number of carbonyl (C=O) groups is 1. The van der Waals surface area contributed by atoms with Crippen LogP contribution in [0.1, 0.15) is 36.7 Å². The quantitative estimate of drug-likeness (QED) is 0.532. The highest BCUT2D eigenvalue weighted by molar-refractivity contribution is 5.77. The molecule has 0 aromatic heterocycles. The van der Waals surface area contributed by atoms with E-state index in [1.54, 1.807) is 6.07 Å². The third-order valence-electron chi connectivity index (χ3n) is 2.06. The Kier molecular flexibility index (Phi) is 2.51. The minimum atomic E-state index is -0.305. The van der Waals surface area contributed by atoms with E-state index in [1.165, 1.54) is 6.07 Å². The lowest BCUT2D eigenvalue weighted by Gasteiger charge is -2.21. The van der Waals surface area contributed by atoms with Gasteiger partial charge in [0.05, 0.1) is 0 Å². The van der Waals surface area contributed by atoms with Crippen molar-refractivity contribution in [2.75, 3.05) is 0 Å². The number of carbonyl (C=O) groups excluding carboxylic acids is 1. The van der Waals surface area contributed by atoms with Gasteiger partial charge in [-0.25, -0.2) is 0 Å².